The number of hydrogen-bond donors (Lipinski definition) is 2. The Labute approximate surface area is 116 Å². The number of nitrogens with zero attached hydrogens (tertiary/aromatic N) is 1. The van der Waals surface area contributed by atoms with E-state index in [1.165, 1.54) is 11.1 Å². The molecule has 0 aromatic heterocycles. The zero-order chi connectivity index (χ0) is 14.3. The fourth-order valence-corrected chi connectivity index (χ4v) is 2.18. The van der Waals surface area contributed by atoms with Crippen LogP contribution >= 0.6 is 0 Å². The molecule has 0 saturated heterocycles. The highest BCUT2D eigenvalue weighted by Crippen LogP contribution is 2.22. The van der Waals surface area contributed by atoms with Gasteiger partial charge in [-0.05, 0) is 32.0 Å². The lowest BCUT2D eigenvalue weighted by atomic mass is 10.1. The van der Waals surface area contributed by atoms with Gasteiger partial charge in [0.15, 0.2) is 0 Å². The molecule has 0 aliphatic heterocycles. The molecule has 106 valence electrons. The Morgan fingerprint density at radius 2 is 2.16 bits per heavy atom. The number of hydrogen-bond acceptors (Lipinski definition) is 3. The monoisotopic (exact) mass is 263 g/mol. The number of nitrogens with two attached hydrogens (primary N) is 1. The molecule has 0 aliphatic rings. The van der Waals surface area contributed by atoms with Crippen LogP contribution in [0, 0.1) is 6.92 Å². The van der Waals surface area contributed by atoms with E-state index >= 15 is 0 Å². The van der Waals surface area contributed by atoms with Gasteiger partial charge < -0.3 is 16.0 Å². The van der Waals surface area contributed by atoms with Crippen LogP contribution in [0.3, 0.4) is 0 Å². The molecule has 3 N–H and O–H groups in total. The van der Waals surface area contributed by atoms with Crippen molar-refractivity contribution < 1.29 is 4.79 Å². The summed E-state index contributed by atoms with van der Waals surface area (Å²) in [5.41, 5.74) is 8.90. The molecule has 0 atom stereocenters. The van der Waals surface area contributed by atoms with Crippen molar-refractivity contribution >= 4 is 11.6 Å². The molecule has 1 aromatic carbocycles. The summed E-state index contributed by atoms with van der Waals surface area (Å²) >= 11 is 0. The van der Waals surface area contributed by atoms with E-state index in [0.29, 0.717) is 0 Å². The van der Waals surface area contributed by atoms with Crippen molar-refractivity contribution in [3.63, 3.8) is 0 Å². The Bertz CT molecular complexity index is 418. The molecule has 1 aromatic rings. The summed E-state index contributed by atoms with van der Waals surface area (Å²) in [6.07, 6.45) is 2.16. The van der Waals surface area contributed by atoms with Crippen LogP contribution in [0.2, 0.25) is 0 Å². The minimum absolute atomic E-state index is 0.278. The molecule has 0 bridgehead atoms. The number of nitrogens with one attached hydrogen (secondary N) is 1. The average Bonchev–Trinajstić information content (AvgIpc) is 2.35. The Morgan fingerprint density at radius 1 is 1.42 bits per heavy atom. The van der Waals surface area contributed by atoms with Gasteiger partial charge in [-0.3, -0.25) is 4.79 Å². The van der Waals surface area contributed by atoms with Crippen LogP contribution in [0.4, 0.5) is 5.69 Å². The third-order valence-corrected chi connectivity index (χ3v) is 3.07. The van der Waals surface area contributed by atoms with Crippen molar-refractivity contribution in [2.24, 2.45) is 5.73 Å². The Morgan fingerprint density at radius 3 is 2.74 bits per heavy atom. The van der Waals surface area contributed by atoms with E-state index in [2.05, 4.69) is 42.3 Å². The van der Waals surface area contributed by atoms with Crippen molar-refractivity contribution in [3.8, 4) is 0 Å². The predicted octanol–water partition coefficient (Wildman–Crippen LogP) is 1.81. The predicted molar refractivity (Wildman–Crippen MR) is 80.3 cm³/mol. The molecule has 0 radical (unpaired) electrons. The van der Waals surface area contributed by atoms with Gasteiger partial charge in [0.25, 0.3) is 0 Å². The van der Waals surface area contributed by atoms with Gasteiger partial charge in [-0.2, -0.15) is 0 Å². The quantitative estimate of drug-likeness (QED) is 0.752. The number of carbonyl (C=O) groups excluding carboxylic acids is 1. The molecule has 0 saturated carbocycles. The third kappa shape index (κ3) is 4.91. The number of carbonyl (C=O) groups is 1. The van der Waals surface area contributed by atoms with Crippen molar-refractivity contribution in [2.45, 2.75) is 33.2 Å². The molecular formula is C15H25N3O. The van der Waals surface area contributed by atoms with Crippen LogP contribution < -0.4 is 16.0 Å². The number of amides is 1. The van der Waals surface area contributed by atoms with Gasteiger partial charge >= 0.3 is 0 Å². The first-order chi connectivity index (χ1) is 9.08. The summed E-state index contributed by atoms with van der Waals surface area (Å²) in [7, 11) is 1.93. The molecule has 19 heavy (non-hydrogen) atoms. The summed E-state index contributed by atoms with van der Waals surface area (Å²) < 4.78 is 0. The van der Waals surface area contributed by atoms with Gasteiger partial charge in [0, 0.05) is 18.8 Å². The summed E-state index contributed by atoms with van der Waals surface area (Å²) in [6.45, 7) is 6.15. The molecule has 1 rings (SSSR count). The van der Waals surface area contributed by atoms with Crippen molar-refractivity contribution in [1.29, 1.82) is 0 Å². The highest BCUT2D eigenvalue weighted by Gasteiger charge is 2.13. The van der Waals surface area contributed by atoms with Crippen molar-refractivity contribution in [3.05, 3.63) is 29.3 Å². The van der Waals surface area contributed by atoms with Gasteiger partial charge in [0.1, 0.15) is 0 Å². The van der Waals surface area contributed by atoms with Gasteiger partial charge in [-0.1, -0.05) is 31.0 Å². The second kappa shape index (κ2) is 7.79. The van der Waals surface area contributed by atoms with E-state index in [-0.39, 0.29) is 12.5 Å². The van der Waals surface area contributed by atoms with Gasteiger partial charge in [-0.15, -0.1) is 0 Å². The molecule has 4 heteroatoms. The fourth-order valence-electron chi connectivity index (χ4n) is 2.18. The minimum atomic E-state index is -0.285. The number of unbranched alkanes of at least 4 members (excludes halogenated alkanes) is 1. The fraction of sp³-hybridized carbons (Fsp3) is 0.533. The molecular weight excluding hydrogens is 238 g/mol. The second-order valence-corrected chi connectivity index (χ2v) is 4.90. The maximum Gasteiger partial charge on any atom is 0.236 e. The summed E-state index contributed by atoms with van der Waals surface area (Å²) in [6, 6.07) is 6.32. The molecule has 0 unspecified atom stereocenters. The standard InChI is InChI=1S/C15H25N3O/c1-4-5-8-18(11-15(16)19)14-7-6-12(2)9-13(14)10-17-3/h6-7,9,17H,4-5,8,10-11H2,1-3H3,(H2,16,19). The van der Waals surface area contributed by atoms with Crippen LogP contribution in [-0.2, 0) is 11.3 Å². The molecule has 0 heterocycles. The van der Waals surface area contributed by atoms with Crippen molar-refractivity contribution in [2.75, 3.05) is 25.0 Å². The maximum atomic E-state index is 11.2. The van der Waals surface area contributed by atoms with E-state index in [4.69, 9.17) is 5.73 Å². The van der Waals surface area contributed by atoms with E-state index in [1.807, 2.05) is 7.05 Å². The van der Waals surface area contributed by atoms with E-state index in [1.54, 1.807) is 0 Å². The first kappa shape index (κ1) is 15.5. The van der Waals surface area contributed by atoms with Gasteiger partial charge in [0.05, 0.1) is 6.54 Å². The smallest absolute Gasteiger partial charge is 0.236 e. The summed E-state index contributed by atoms with van der Waals surface area (Å²) in [5, 5.41) is 3.17. The lowest BCUT2D eigenvalue weighted by molar-refractivity contribution is -0.116. The van der Waals surface area contributed by atoms with E-state index in [9.17, 15) is 4.79 Å². The van der Waals surface area contributed by atoms with Gasteiger partial charge in [-0.25, -0.2) is 0 Å². The first-order valence-corrected chi connectivity index (χ1v) is 6.85. The number of benzene rings is 1. The average molecular weight is 263 g/mol. The Hall–Kier alpha value is -1.55. The van der Waals surface area contributed by atoms with Crippen molar-refractivity contribution in [1.82, 2.24) is 5.32 Å². The molecule has 4 nitrogen and oxygen atoms in total. The number of anilines is 1. The van der Waals surface area contributed by atoms with Crippen LogP contribution in [0.5, 0.6) is 0 Å². The minimum Gasteiger partial charge on any atom is -0.368 e. The van der Waals surface area contributed by atoms with Crippen LogP contribution in [0.15, 0.2) is 18.2 Å². The molecule has 1 amide bonds. The van der Waals surface area contributed by atoms with E-state index < -0.39 is 0 Å². The maximum absolute atomic E-state index is 11.2. The summed E-state index contributed by atoms with van der Waals surface area (Å²) in [4.78, 5) is 13.3. The highest BCUT2D eigenvalue weighted by atomic mass is 16.1. The Balaban J connectivity index is 3.01. The second-order valence-electron chi connectivity index (χ2n) is 4.90. The Kier molecular flexibility index (Phi) is 6.36. The van der Waals surface area contributed by atoms with Crippen LogP contribution in [0.1, 0.15) is 30.9 Å². The zero-order valence-corrected chi connectivity index (χ0v) is 12.2. The molecule has 0 fully saturated rings. The third-order valence-electron chi connectivity index (χ3n) is 3.07. The first-order valence-electron chi connectivity index (χ1n) is 6.85. The summed E-state index contributed by atoms with van der Waals surface area (Å²) in [5.74, 6) is -0.285. The normalized spacial score (nSPS) is 10.5. The number of primary amides is 1. The molecule has 0 spiro atoms. The highest BCUT2D eigenvalue weighted by molar-refractivity contribution is 5.80. The lowest BCUT2D eigenvalue weighted by Gasteiger charge is -2.26. The lowest BCUT2D eigenvalue weighted by Crippen LogP contribution is -2.35. The zero-order valence-electron chi connectivity index (χ0n) is 12.2. The van der Waals surface area contributed by atoms with Gasteiger partial charge in [0.2, 0.25) is 5.91 Å². The number of aryl methyl sites for hydroxylation is 1. The number of rotatable bonds is 8. The van der Waals surface area contributed by atoms with E-state index in [0.717, 1.165) is 31.6 Å². The largest absolute Gasteiger partial charge is 0.368 e. The topological polar surface area (TPSA) is 58.4 Å². The SMILES string of the molecule is CCCCN(CC(N)=O)c1ccc(C)cc1CNC. The van der Waals surface area contributed by atoms with Crippen LogP contribution in [-0.4, -0.2) is 26.0 Å². The van der Waals surface area contributed by atoms with Crippen LogP contribution in [0.25, 0.3) is 0 Å². The molecule has 0 aliphatic carbocycles.